The predicted octanol–water partition coefficient (Wildman–Crippen LogP) is 3.26. The number of aromatic nitrogens is 2. The Kier molecular flexibility index (Phi) is 3.62. The minimum absolute atomic E-state index is 0.113. The Balaban J connectivity index is 1.98. The van der Waals surface area contributed by atoms with Gasteiger partial charge in [-0.25, -0.2) is 4.99 Å². The summed E-state index contributed by atoms with van der Waals surface area (Å²) in [6.45, 7) is 1.99. The van der Waals surface area contributed by atoms with Gasteiger partial charge in [-0.2, -0.15) is 5.10 Å². The topological polar surface area (TPSA) is 59.3 Å². The summed E-state index contributed by atoms with van der Waals surface area (Å²) in [7, 11) is 1.89. The normalized spacial score (nSPS) is 18.5. The molecule has 0 spiro atoms. The molecule has 1 amide bonds. The first-order valence-corrected chi connectivity index (χ1v) is 7.28. The maximum Gasteiger partial charge on any atom is 0.289 e. The fourth-order valence-corrected chi connectivity index (χ4v) is 2.67. The number of amidine groups is 1. The number of rotatable bonds is 2. The number of aliphatic imine (C=N–C) groups is 1. The summed E-state index contributed by atoms with van der Waals surface area (Å²) < 4.78 is 1.80. The molecular weight excluding hydrogens is 284 g/mol. The van der Waals surface area contributed by atoms with Gasteiger partial charge in [0.2, 0.25) is 0 Å². The third kappa shape index (κ3) is 2.90. The number of aryl methyl sites for hydroxylation is 1. The lowest BCUT2D eigenvalue weighted by molar-refractivity contribution is 0.265. The summed E-state index contributed by atoms with van der Waals surface area (Å²) in [5, 5.41) is 6.87. The number of nitrogens with one attached hydrogen (secondary N) is 1. The van der Waals surface area contributed by atoms with Crippen molar-refractivity contribution in [1.29, 1.82) is 0 Å². The Labute approximate surface area is 126 Å². The molecule has 21 heavy (non-hydrogen) atoms. The smallest absolute Gasteiger partial charge is 0.289 e. The van der Waals surface area contributed by atoms with Crippen molar-refractivity contribution in [2.45, 2.75) is 6.92 Å². The molecule has 0 bridgehead atoms. The number of hydrogen-bond donors (Lipinski definition) is 1. The van der Waals surface area contributed by atoms with Crippen LogP contribution in [-0.2, 0) is 7.05 Å². The fourth-order valence-electron chi connectivity index (χ4n) is 1.94. The summed E-state index contributed by atoms with van der Waals surface area (Å²) in [5.41, 5.74) is 2.84. The van der Waals surface area contributed by atoms with Gasteiger partial charge in [0.25, 0.3) is 5.24 Å². The van der Waals surface area contributed by atoms with Crippen LogP contribution in [-0.4, -0.2) is 20.9 Å². The van der Waals surface area contributed by atoms with Gasteiger partial charge in [-0.1, -0.05) is 18.2 Å². The maximum atomic E-state index is 11.6. The van der Waals surface area contributed by atoms with Crippen LogP contribution in [0.3, 0.4) is 0 Å². The lowest BCUT2D eigenvalue weighted by Crippen LogP contribution is -2.18. The maximum absolute atomic E-state index is 11.6. The van der Waals surface area contributed by atoms with Crippen molar-refractivity contribution >= 4 is 34.6 Å². The van der Waals surface area contributed by atoms with E-state index >= 15 is 0 Å². The molecule has 1 saturated heterocycles. The molecule has 0 aliphatic carbocycles. The zero-order chi connectivity index (χ0) is 14.8. The van der Waals surface area contributed by atoms with E-state index in [4.69, 9.17) is 0 Å². The summed E-state index contributed by atoms with van der Waals surface area (Å²) >= 11 is 1.15. The lowest BCUT2D eigenvalue weighted by atomic mass is 10.2. The van der Waals surface area contributed by atoms with Crippen molar-refractivity contribution in [2.75, 3.05) is 0 Å². The first-order valence-electron chi connectivity index (χ1n) is 6.47. The number of hydrogen-bond acceptors (Lipinski definition) is 4. The zero-order valence-electron chi connectivity index (χ0n) is 11.7. The van der Waals surface area contributed by atoms with E-state index in [9.17, 15) is 4.79 Å². The Bertz CT molecular complexity index is 746. The molecule has 2 heterocycles. The molecule has 1 aliphatic heterocycles. The zero-order valence-corrected chi connectivity index (χ0v) is 12.5. The van der Waals surface area contributed by atoms with Crippen molar-refractivity contribution < 1.29 is 4.79 Å². The van der Waals surface area contributed by atoms with Crippen LogP contribution in [0, 0.1) is 6.92 Å². The quantitative estimate of drug-likeness (QED) is 0.925. The standard InChI is InChI=1S/C15H14N4OS/c1-10-11(9-16-19(10)2)8-13-14(18-15(20)21-13)17-12-6-4-3-5-7-12/h3-9H,1-2H3,(H,17,18,20)/b13-8+. The molecule has 6 heteroatoms. The number of carbonyl (C=O) groups is 1. The second kappa shape index (κ2) is 5.57. The van der Waals surface area contributed by atoms with Crippen LogP contribution in [0.25, 0.3) is 6.08 Å². The number of amides is 1. The molecule has 1 aliphatic rings. The van der Waals surface area contributed by atoms with Gasteiger partial charge in [0, 0.05) is 18.3 Å². The van der Waals surface area contributed by atoms with E-state index in [1.54, 1.807) is 10.9 Å². The highest BCUT2D eigenvalue weighted by Gasteiger charge is 2.24. The first-order chi connectivity index (χ1) is 10.1. The van der Waals surface area contributed by atoms with Crippen molar-refractivity contribution in [1.82, 2.24) is 15.1 Å². The lowest BCUT2D eigenvalue weighted by Gasteiger charge is -2.00. The Morgan fingerprint density at radius 1 is 1.33 bits per heavy atom. The van der Waals surface area contributed by atoms with Crippen LogP contribution in [0.2, 0.25) is 0 Å². The van der Waals surface area contributed by atoms with E-state index in [0.717, 1.165) is 33.6 Å². The van der Waals surface area contributed by atoms with Crippen molar-refractivity contribution in [3.8, 4) is 0 Å². The van der Waals surface area contributed by atoms with E-state index < -0.39 is 0 Å². The van der Waals surface area contributed by atoms with E-state index in [1.165, 1.54) is 0 Å². The number of benzene rings is 1. The number of nitrogens with zero attached hydrogens (tertiary/aromatic N) is 3. The van der Waals surface area contributed by atoms with Crippen LogP contribution in [0.1, 0.15) is 11.3 Å². The van der Waals surface area contributed by atoms with Crippen LogP contribution in [0.15, 0.2) is 46.4 Å². The van der Waals surface area contributed by atoms with Crippen molar-refractivity contribution in [3.63, 3.8) is 0 Å². The minimum Gasteiger partial charge on any atom is -0.300 e. The van der Waals surface area contributed by atoms with Gasteiger partial charge >= 0.3 is 0 Å². The molecule has 2 aromatic rings. The van der Waals surface area contributed by atoms with Crippen molar-refractivity contribution in [3.05, 3.63) is 52.7 Å². The van der Waals surface area contributed by atoms with Gasteiger partial charge in [-0.3, -0.25) is 9.48 Å². The molecule has 3 rings (SSSR count). The average Bonchev–Trinajstić information content (AvgIpc) is 2.97. The van der Waals surface area contributed by atoms with Gasteiger partial charge in [0.05, 0.1) is 16.8 Å². The molecule has 0 unspecified atom stereocenters. The van der Waals surface area contributed by atoms with Crippen LogP contribution in [0.4, 0.5) is 10.5 Å². The highest BCUT2D eigenvalue weighted by atomic mass is 32.2. The first kappa shape index (κ1) is 13.6. The molecule has 1 aromatic heterocycles. The van der Waals surface area contributed by atoms with Crippen molar-refractivity contribution in [2.24, 2.45) is 12.0 Å². The van der Waals surface area contributed by atoms with Crippen LogP contribution >= 0.6 is 11.8 Å². The Morgan fingerprint density at radius 3 is 2.76 bits per heavy atom. The molecule has 0 atom stereocenters. The highest BCUT2D eigenvalue weighted by molar-refractivity contribution is 8.18. The number of carbonyl (C=O) groups excluding carboxylic acids is 1. The largest absolute Gasteiger partial charge is 0.300 e. The summed E-state index contributed by atoms with van der Waals surface area (Å²) in [4.78, 5) is 16.9. The van der Waals surface area contributed by atoms with Crippen LogP contribution in [0.5, 0.6) is 0 Å². The number of thioether (sulfide) groups is 1. The second-order valence-electron chi connectivity index (χ2n) is 4.63. The van der Waals surface area contributed by atoms with Gasteiger partial charge in [-0.15, -0.1) is 0 Å². The third-order valence-corrected chi connectivity index (χ3v) is 4.03. The minimum atomic E-state index is -0.113. The Hall–Kier alpha value is -2.34. The van der Waals surface area contributed by atoms with E-state index in [2.05, 4.69) is 15.4 Å². The second-order valence-corrected chi connectivity index (χ2v) is 5.64. The molecule has 0 radical (unpaired) electrons. The van der Waals surface area contributed by atoms with Crippen LogP contribution < -0.4 is 5.32 Å². The van der Waals surface area contributed by atoms with Gasteiger partial charge in [-0.05, 0) is 36.9 Å². The summed E-state index contributed by atoms with van der Waals surface area (Å²) in [6.07, 6.45) is 3.72. The van der Waals surface area contributed by atoms with Gasteiger partial charge < -0.3 is 5.32 Å². The molecule has 5 nitrogen and oxygen atoms in total. The number of para-hydroxylation sites is 1. The fraction of sp³-hybridized carbons (Fsp3) is 0.133. The molecule has 1 fully saturated rings. The molecular formula is C15H14N4OS. The molecule has 106 valence electrons. The SMILES string of the molecule is Cc1c(/C=C2/SC(=O)NC2=Nc2ccccc2)cnn1C. The van der Waals surface area contributed by atoms with Gasteiger partial charge in [0.15, 0.2) is 0 Å². The predicted molar refractivity (Wildman–Crippen MR) is 85.6 cm³/mol. The summed E-state index contributed by atoms with van der Waals surface area (Å²) in [6, 6.07) is 9.56. The van der Waals surface area contributed by atoms with E-state index in [-0.39, 0.29) is 5.24 Å². The monoisotopic (exact) mass is 298 g/mol. The van der Waals surface area contributed by atoms with E-state index in [1.807, 2.05) is 50.4 Å². The Morgan fingerprint density at radius 2 is 2.10 bits per heavy atom. The van der Waals surface area contributed by atoms with E-state index in [0.29, 0.717) is 5.84 Å². The summed E-state index contributed by atoms with van der Waals surface area (Å²) in [5.74, 6) is 0.583. The molecule has 1 N–H and O–H groups in total. The third-order valence-electron chi connectivity index (χ3n) is 3.21. The van der Waals surface area contributed by atoms with Gasteiger partial charge in [0.1, 0.15) is 5.84 Å². The average molecular weight is 298 g/mol. The highest BCUT2D eigenvalue weighted by Crippen LogP contribution is 2.28. The molecule has 0 saturated carbocycles. The molecule has 1 aromatic carbocycles.